The molecule has 3 aromatic carbocycles. The molecule has 2 heteroatoms. The van der Waals surface area contributed by atoms with Gasteiger partial charge in [-0.25, -0.2) is 0 Å². The summed E-state index contributed by atoms with van der Waals surface area (Å²) in [6.07, 6.45) is 0. The Morgan fingerprint density at radius 2 is 0.577 bits per heavy atom. The molecule has 2 N–H and O–H groups in total. The van der Waals surface area contributed by atoms with Crippen molar-refractivity contribution in [3.8, 4) is 0 Å². The van der Waals surface area contributed by atoms with Gasteiger partial charge >= 0.3 is 0 Å². The number of hydrogen-bond acceptors (Lipinski definition) is 2. The van der Waals surface area contributed by atoms with Crippen LogP contribution in [0.1, 0.15) is 41.5 Å². The molecular weight excluding hydrogens is 316 g/mol. The Balaban J connectivity index is 0.000000948. The molecule has 0 spiro atoms. The molecule has 0 aliphatic rings. The van der Waals surface area contributed by atoms with Crippen LogP contribution in [-0.4, -0.2) is 0 Å². The van der Waals surface area contributed by atoms with Crippen molar-refractivity contribution < 1.29 is 0 Å². The van der Waals surface area contributed by atoms with Gasteiger partial charge in [-0.15, -0.1) is 0 Å². The lowest BCUT2D eigenvalue weighted by atomic mass is 10.2. The summed E-state index contributed by atoms with van der Waals surface area (Å²) in [5.41, 5.74) is 4.34. The van der Waals surface area contributed by atoms with Gasteiger partial charge in [-0.1, -0.05) is 77.9 Å². The molecule has 0 radical (unpaired) electrons. The van der Waals surface area contributed by atoms with Crippen molar-refractivity contribution >= 4 is 22.7 Å². The zero-order valence-electron chi connectivity index (χ0n) is 17.1. The fourth-order valence-electron chi connectivity index (χ4n) is 2.01. The summed E-state index contributed by atoms with van der Waals surface area (Å²) in [6.45, 7) is 12.0. The van der Waals surface area contributed by atoms with E-state index in [1.807, 2.05) is 77.9 Å². The molecule has 0 aromatic heterocycles. The van der Waals surface area contributed by atoms with E-state index >= 15 is 0 Å². The summed E-state index contributed by atoms with van der Waals surface area (Å²) in [5.74, 6) is 0. The van der Waals surface area contributed by atoms with Gasteiger partial charge in [0.25, 0.3) is 0 Å². The predicted molar refractivity (Wildman–Crippen MR) is 120 cm³/mol. The monoisotopic (exact) mass is 350 g/mol. The minimum Gasteiger partial charge on any atom is -0.356 e. The maximum Gasteiger partial charge on any atom is 0.0385 e. The third-order valence-corrected chi connectivity index (χ3v) is 3.01. The van der Waals surface area contributed by atoms with Crippen LogP contribution in [0.3, 0.4) is 0 Å². The highest BCUT2D eigenvalue weighted by Gasteiger charge is 1.96. The first kappa shape index (κ1) is 23.3. The summed E-state index contributed by atoms with van der Waals surface area (Å²) in [4.78, 5) is 0. The first-order valence-electron chi connectivity index (χ1n) is 9.64. The van der Waals surface area contributed by atoms with Crippen molar-refractivity contribution in [3.05, 3.63) is 84.9 Å². The molecule has 0 fully saturated rings. The van der Waals surface area contributed by atoms with Crippen LogP contribution in [0.2, 0.25) is 0 Å². The van der Waals surface area contributed by atoms with Gasteiger partial charge < -0.3 is 10.6 Å². The van der Waals surface area contributed by atoms with E-state index in [4.69, 9.17) is 0 Å². The van der Waals surface area contributed by atoms with Crippen LogP contribution in [0.5, 0.6) is 0 Å². The number of para-hydroxylation sites is 2. The average molecular weight is 351 g/mol. The van der Waals surface area contributed by atoms with Crippen molar-refractivity contribution in [2.24, 2.45) is 0 Å². The maximum atomic E-state index is 3.37. The van der Waals surface area contributed by atoms with Crippen LogP contribution in [0.25, 0.3) is 0 Å². The van der Waals surface area contributed by atoms with E-state index in [1.165, 1.54) is 0 Å². The van der Waals surface area contributed by atoms with Gasteiger partial charge in [0.1, 0.15) is 0 Å². The zero-order valence-corrected chi connectivity index (χ0v) is 17.1. The number of benzene rings is 3. The molecule has 0 aliphatic carbocycles. The van der Waals surface area contributed by atoms with Gasteiger partial charge in [-0.05, 0) is 48.5 Å². The van der Waals surface area contributed by atoms with Crippen LogP contribution in [0, 0.1) is 0 Å². The summed E-state index contributed by atoms with van der Waals surface area (Å²) < 4.78 is 0. The number of anilines is 4. The topological polar surface area (TPSA) is 24.1 Å². The average Bonchev–Trinajstić information content (AvgIpc) is 2.75. The second kappa shape index (κ2) is 15.8. The minimum absolute atomic E-state index is 1.08. The SMILES string of the molecule is CC.CC.CC.c1ccc(Nc2ccc(Nc3ccccc3)cc2)cc1. The Bertz CT molecular complexity index is 586. The molecule has 140 valence electrons. The van der Waals surface area contributed by atoms with Crippen molar-refractivity contribution in [3.63, 3.8) is 0 Å². The fraction of sp³-hybridized carbons (Fsp3) is 0.250. The molecule has 3 rings (SSSR count). The summed E-state index contributed by atoms with van der Waals surface area (Å²) in [7, 11) is 0. The maximum absolute atomic E-state index is 3.37. The lowest BCUT2D eigenvalue weighted by molar-refractivity contribution is 1.50. The van der Waals surface area contributed by atoms with Gasteiger partial charge in [0.2, 0.25) is 0 Å². The van der Waals surface area contributed by atoms with Crippen LogP contribution < -0.4 is 10.6 Å². The Hall–Kier alpha value is -2.74. The summed E-state index contributed by atoms with van der Waals surface area (Å²) in [6, 6.07) is 28.6. The van der Waals surface area contributed by atoms with Crippen molar-refractivity contribution in [2.75, 3.05) is 10.6 Å². The van der Waals surface area contributed by atoms with E-state index in [1.54, 1.807) is 0 Å². The second-order valence-corrected chi connectivity index (χ2v) is 4.56. The van der Waals surface area contributed by atoms with E-state index in [9.17, 15) is 0 Å². The Morgan fingerprint density at radius 1 is 0.346 bits per heavy atom. The van der Waals surface area contributed by atoms with Crippen molar-refractivity contribution in [2.45, 2.75) is 41.5 Å². The molecular formula is C24H34N2. The van der Waals surface area contributed by atoms with Crippen LogP contribution in [0.4, 0.5) is 22.7 Å². The van der Waals surface area contributed by atoms with Gasteiger partial charge in [0, 0.05) is 22.7 Å². The zero-order chi connectivity index (χ0) is 19.6. The number of hydrogen-bond donors (Lipinski definition) is 2. The summed E-state index contributed by atoms with van der Waals surface area (Å²) in [5, 5.41) is 6.73. The standard InChI is InChI=1S/C18H16N2.3C2H6/c1-3-7-15(8-4-1)19-17-11-13-18(14-12-17)20-16-9-5-2-6-10-16;3*1-2/h1-14,19-20H;3*1-2H3. The first-order chi connectivity index (χ1) is 12.9. The molecule has 3 aromatic rings. The van der Waals surface area contributed by atoms with Gasteiger partial charge in [-0.2, -0.15) is 0 Å². The summed E-state index contributed by atoms with van der Waals surface area (Å²) >= 11 is 0. The van der Waals surface area contributed by atoms with Crippen LogP contribution in [-0.2, 0) is 0 Å². The van der Waals surface area contributed by atoms with Gasteiger partial charge in [0.05, 0.1) is 0 Å². The Labute approximate surface area is 160 Å². The fourth-order valence-corrected chi connectivity index (χ4v) is 2.01. The first-order valence-corrected chi connectivity index (χ1v) is 9.64. The highest BCUT2D eigenvalue weighted by Crippen LogP contribution is 2.21. The van der Waals surface area contributed by atoms with E-state index in [0.29, 0.717) is 0 Å². The molecule has 2 nitrogen and oxygen atoms in total. The highest BCUT2D eigenvalue weighted by molar-refractivity contribution is 5.65. The van der Waals surface area contributed by atoms with Crippen LogP contribution >= 0.6 is 0 Å². The molecule has 0 heterocycles. The lowest BCUT2D eigenvalue weighted by Crippen LogP contribution is -1.92. The molecule has 0 bridgehead atoms. The number of rotatable bonds is 4. The third kappa shape index (κ3) is 8.93. The Kier molecular flexibility index (Phi) is 14.1. The molecule has 0 saturated carbocycles. The minimum atomic E-state index is 1.08. The van der Waals surface area contributed by atoms with E-state index in [0.717, 1.165) is 22.7 Å². The van der Waals surface area contributed by atoms with Crippen LogP contribution in [0.15, 0.2) is 84.9 Å². The Morgan fingerprint density at radius 3 is 0.846 bits per heavy atom. The molecule has 0 amide bonds. The van der Waals surface area contributed by atoms with Crippen molar-refractivity contribution in [1.29, 1.82) is 0 Å². The van der Waals surface area contributed by atoms with E-state index < -0.39 is 0 Å². The molecule has 0 saturated heterocycles. The van der Waals surface area contributed by atoms with E-state index in [2.05, 4.69) is 59.2 Å². The van der Waals surface area contributed by atoms with Gasteiger partial charge in [0.15, 0.2) is 0 Å². The quantitative estimate of drug-likeness (QED) is 0.495. The van der Waals surface area contributed by atoms with Gasteiger partial charge in [-0.3, -0.25) is 0 Å². The molecule has 26 heavy (non-hydrogen) atoms. The molecule has 0 atom stereocenters. The normalized spacial score (nSPS) is 8.38. The predicted octanol–water partition coefficient (Wildman–Crippen LogP) is 8.25. The highest BCUT2D eigenvalue weighted by atomic mass is 14.9. The molecule has 0 aliphatic heterocycles. The largest absolute Gasteiger partial charge is 0.356 e. The smallest absolute Gasteiger partial charge is 0.0385 e. The second-order valence-electron chi connectivity index (χ2n) is 4.56. The lowest BCUT2D eigenvalue weighted by Gasteiger charge is -2.09. The van der Waals surface area contributed by atoms with Crippen molar-refractivity contribution in [1.82, 2.24) is 0 Å². The molecule has 0 unspecified atom stereocenters. The van der Waals surface area contributed by atoms with E-state index in [-0.39, 0.29) is 0 Å². The third-order valence-electron chi connectivity index (χ3n) is 3.01. The number of nitrogens with one attached hydrogen (secondary N) is 2.